The second-order valence-corrected chi connectivity index (χ2v) is 11.9. The van der Waals surface area contributed by atoms with Gasteiger partial charge in [0, 0.05) is 35.1 Å². The van der Waals surface area contributed by atoms with E-state index in [0.717, 1.165) is 52.7 Å². The fraction of sp³-hybridized carbons (Fsp3) is 0.387. The lowest BCUT2D eigenvalue weighted by Crippen LogP contribution is -2.55. The minimum Gasteiger partial charge on any atom is -0.444 e. The molecule has 1 aliphatic heterocycles. The number of amides is 2. The predicted octanol–water partition coefficient (Wildman–Crippen LogP) is 4.75. The zero-order chi connectivity index (χ0) is 28.7. The number of hydrogen-bond acceptors (Lipinski definition) is 6. The topological polar surface area (TPSA) is 129 Å². The van der Waals surface area contributed by atoms with E-state index in [0.29, 0.717) is 6.42 Å². The SMILES string of the molecule is CC(C)(C)OC(=O)N1[C@@H]2CC[C@@H](C2)[C@H]1C(=O)N[C@H](C#N)Cc1ccc(-n2cc(-c3ccc4[nH]ccc4c3)nn2)cc1. The number of hydrogen-bond donors (Lipinski definition) is 2. The summed E-state index contributed by atoms with van der Waals surface area (Å²) in [5.74, 6) is -0.206. The van der Waals surface area contributed by atoms with Gasteiger partial charge in [-0.3, -0.25) is 9.69 Å². The number of H-pyrrole nitrogens is 1. The molecule has 2 amide bonds. The van der Waals surface area contributed by atoms with Crippen molar-refractivity contribution in [2.45, 2.75) is 70.2 Å². The van der Waals surface area contributed by atoms with E-state index in [-0.39, 0.29) is 17.9 Å². The number of likely N-dealkylation sites (tertiary alicyclic amines) is 1. The quantitative estimate of drug-likeness (QED) is 0.356. The first-order chi connectivity index (χ1) is 19.7. The molecule has 10 nitrogen and oxygen atoms in total. The Bertz CT molecular complexity index is 1630. The van der Waals surface area contributed by atoms with Crippen molar-refractivity contribution in [1.82, 2.24) is 30.2 Å². The van der Waals surface area contributed by atoms with Gasteiger partial charge in [0.1, 0.15) is 23.4 Å². The minimum atomic E-state index is -0.728. The molecule has 2 aromatic heterocycles. The number of carbonyl (C=O) groups excluding carboxylic acids is 2. The first-order valence-corrected chi connectivity index (χ1v) is 14.0. The summed E-state index contributed by atoms with van der Waals surface area (Å²) in [5, 5.41) is 22.5. The molecule has 1 saturated heterocycles. The van der Waals surface area contributed by atoms with Crippen molar-refractivity contribution in [3.05, 3.63) is 66.5 Å². The van der Waals surface area contributed by atoms with Crippen molar-refractivity contribution >= 4 is 22.9 Å². The van der Waals surface area contributed by atoms with Gasteiger partial charge in [-0.05, 0) is 81.8 Å². The first-order valence-electron chi connectivity index (χ1n) is 14.0. The number of benzene rings is 2. The van der Waals surface area contributed by atoms with Crippen molar-refractivity contribution in [1.29, 1.82) is 5.26 Å². The Hall–Kier alpha value is -4.65. The van der Waals surface area contributed by atoms with Gasteiger partial charge in [0.25, 0.3) is 0 Å². The summed E-state index contributed by atoms with van der Waals surface area (Å²) in [4.78, 5) is 31.1. The zero-order valence-electron chi connectivity index (χ0n) is 23.4. The third-order valence-electron chi connectivity index (χ3n) is 7.91. The number of aromatic amines is 1. The molecule has 2 fully saturated rings. The van der Waals surface area contributed by atoms with E-state index in [1.165, 1.54) is 0 Å². The zero-order valence-corrected chi connectivity index (χ0v) is 23.4. The Morgan fingerprint density at radius 2 is 1.98 bits per heavy atom. The van der Waals surface area contributed by atoms with E-state index < -0.39 is 23.8 Å². The molecule has 3 heterocycles. The van der Waals surface area contributed by atoms with E-state index >= 15 is 0 Å². The number of fused-ring (bicyclic) bond motifs is 3. The highest BCUT2D eigenvalue weighted by molar-refractivity contribution is 5.88. The molecule has 2 aliphatic rings. The fourth-order valence-electron chi connectivity index (χ4n) is 6.04. The summed E-state index contributed by atoms with van der Waals surface area (Å²) in [6, 6.07) is 16.7. The van der Waals surface area contributed by atoms with Gasteiger partial charge in [-0.1, -0.05) is 23.4 Å². The Morgan fingerprint density at radius 3 is 2.73 bits per heavy atom. The average Bonchev–Trinajstić information content (AvgIpc) is 3.75. The lowest BCUT2D eigenvalue weighted by molar-refractivity contribution is -0.128. The molecule has 6 rings (SSSR count). The maximum atomic E-state index is 13.4. The molecule has 4 aromatic rings. The molecule has 2 N–H and O–H groups in total. The van der Waals surface area contributed by atoms with Crippen LogP contribution >= 0.6 is 0 Å². The van der Waals surface area contributed by atoms with Gasteiger partial charge in [0.05, 0.1) is 18.0 Å². The third-order valence-corrected chi connectivity index (χ3v) is 7.91. The number of nitrogens with zero attached hydrogens (tertiary/aromatic N) is 5. The number of aromatic nitrogens is 4. The van der Waals surface area contributed by atoms with E-state index in [4.69, 9.17) is 4.74 Å². The van der Waals surface area contributed by atoms with Crippen LogP contribution in [-0.2, 0) is 16.0 Å². The van der Waals surface area contributed by atoms with Crippen molar-refractivity contribution in [3.63, 3.8) is 0 Å². The van der Waals surface area contributed by atoms with Gasteiger partial charge >= 0.3 is 6.09 Å². The maximum absolute atomic E-state index is 13.4. The second kappa shape index (κ2) is 10.4. The molecule has 4 atom stereocenters. The van der Waals surface area contributed by atoms with Crippen LogP contribution in [-0.4, -0.2) is 60.6 Å². The molecule has 2 aromatic carbocycles. The van der Waals surface area contributed by atoms with Gasteiger partial charge in [-0.2, -0.15) is 5.26 Å². The van der Waals surface area contributed by atoms with Gasteiger partial charge in [0.2, 0.25) is 5.91 Å². The number of nitriles is 1. The molecular weight excluding hydrogens is 518 g/mol. The van der Waals surface area contributed by atoms with Crippen LogP contribution in [0.4, 0.5) is 4.79 Å². The van der Waals surface area contributed by atoms with Crippen LogP contribution in [0.5, 0.6) is 0 Å². The Labute approximate surface area is 238 Å². The van der Waals surface area contributed by atoms with Crippen molar-refractivity contribution in [2.75, 3.05) is 0 Å². The smallest absolute Gasteiger partial charge is 0.411 e. The first kappa shape index (κ1) is 26.6. The number of nitrogens with one attached hydrogen (secondary N) is 2. The molecule has 1 aliphatic carbocycles. The van der Waals surface area contributed by atoms with Crippen LogP contribution < -0.4 is 5.32 Å². The van der Waals surface area contributed by atoms with Crippen molar-refractivity contribution < 1.29 is 14.3 Å². The highest BCUT2D eigenvalue weighted by Gasteiger charge is 2.52. The largest absolute Gasteiger partial charge is 0.444 e. The Kier molecular flexibility index (Phi) is 6.73. The Balaban J connectivity index is 1.11. The second-order valence-electron chi connectivity index (χ2n) is 11.9. The summed E-state index contributed by atoms with van der Waals surface area (Å²) in [7, 11) is 0. The van der Waals surface area contributed by atoms with Gasteiger partial charge in [0.15, 0.2) is 0 Å². The highest BCUT2D eigenvalue weighted by atomic mass is 16.6. The van der Waals surface area contributed by atoms with Crippen LogP contribution in [0.2, 0.25) is 0 Å². The van der Waals surface area contributed by atoms with E-state index in [1.807, 2.05) is 75.6 Å². The van der Waals surface area contributed by atoms with Gasteiger partial charge < -0.3 is 15.0 Å². The van der Waals surface area contributed by atoms with Crippen LogP contribution in [0.3, 0.4) is 0 Å². The lowest BCUT2D eigenvalue weighted by atomic mass is 9.97. The lowest BCUT2D eigenvalue weighted by Gasteiger charge is -2.35. The molecule has 210 valence electrons. The summed E-state index contributed by atoms with van der Waals surface area (Å²) in [5.41, 5.74) is 3.91. The molecule has 2 bridgehead atoms. The van der Waals surface area contributed by atoms with Crippen molar-refractivity contribution in [3.8, 4) is 23.0 Å². The van der Waals surface area contributed by atoms with Gasteiger partial charge in [-0.25, -0.2) is 9.48 Å². The minimum absolute atomic E-state index is 0.00697. The van der Waals surface area contributed by atoms with E-state index in [1.54, 1.807) is 9.58 Å². The van der Waals surface area contributed by atoms with Crippen LogP contribution in [0.15, 0.2) is 60.9 Å². The number of piperidine rings is 1. The third kappa shape index (κ3) is 5.40. The normalized spacial score (nSPS) is 20.6. The average molecular weight is 552 g/mol. The van der Waals surface area contributed by atoms with Crippen LogP contribution in [0, 0.1) is 17.2 Å². The van der Waals surface area contributed by atoms with Crippen LogP contribution in [0.1, 0.15) is 45.6 Å². The standard InChI is InChI=1S/C31H33N7O3/c1-31(2,3)41-30(40)38-25-10-6-22(16-25)28(38)29(39)34-23(17-32)14-19-4-8-24(9-5-19)37-18-27(35-36-37)20-7-11-26-21(15-20)12-13-33-26/h4-5,7-9,11-13,15,18,22-23,25,28,33H,6,10,14,16H2,1-3H3,(H,34,39)/t22-,23-,25+,28-/m0/s1. The summed E-state index contributed by atoms with van der Waals surface area (Å²) >= 11 is 0. The number of rotatable bonds is 6. The van der Waals surface area contributed by atoms with E-state index in [9.17, 15) is 14.9 Å². The molecule has 41 heavy (non-hydrogen) atoms. The van der Waals surface area contributed by atoms with Gasteiger partial charge in [-0.15, -0.1) is 5.10 Å². The van der Waals surface area contributed by atoms with Crippen LogP contribution in [0.25, 0.3) is 27.8 Å². The van der Waals surface area contributed by atoms with Crippen molar-refractivity contribution in [2.24, 2.45) is 5.92 Å². The summed E-state index contributed by atoms with van der Waals surface area (Å²) in [6.45, 7) is 5.45. The predicted molar refractivity (Wildman–Crippen MR) is 153 cm³/mol. The summed E-state index contributed by atoms with van der Waals surface area (Å²) in [6.07, 6.45) is 6.23. The summed E-state index contributed by atoms with van der Waals surface area (Å²) < 4.78 is 7.31. The molecule has 0 radical (unpaired) electrons. The number of ether oxygens (including phenoxy) is 1. The number of carbonyl (C=O) groups is 2. The fourth-order valence-corrected chi connectivity index (χ4v) is 6.04. The monoisotopic (exact) mass is 551 g/mol. The molecule has 1 saturated carbocycles. The molecule has 0 spiro atoms. The molecular formula is C31H33N7O3. The highest BCUT2D eigenvalue weighted by Crippen LogP contribution is 2.43. The maximum Gasteiger partial charge on any atom is 0.411 e. The Morgan fingerprint density at radius 1 is 1.17 bits per heavy atom. The molecule has 0 unspecified atom stereocenters. The molecule has 10 heteroatoms. The van der Waals surface area contributed by atoms with E-state index in [2.05, 4.69) is 32.7 Å².